The third kappa shape index (κ3) is 5.02. The topological polar surface area (TPSA) is 35.2 Å². The van der Waals surface area contributed by atoms with Crippen molar-refractivity contribution in [3.63, 3.8) is 0 Å². The second-order valence-electron chi connectivity index (χ2n) is 3.31. The Balaban J connectivity index is 0.00000256. The highest BCUT2D eigenvalue weighted by Gasteiger charge is 2.32. The van der Waals surface area contributed by atoms with Gasteiger partial charge in [0.25, 0.3) is 0 Å². The van der Waals surface area contributed by atoms with Crippen LogP contribution < -0.4 is 10.5 Å². The minimum atomic E-state index is -4.31. The van der Waals surface area contributed by atoms with Gasteiger partial charge in [0, 0.05) is 16.6 Å². The van der Waals surface area contributed by atoms with Gasteiger partial charge >= 0.3 is 6.18 Å². The summed E-state index contributed by atoms with van der Waals surface area (Å²) in [6.07, 6.45) is -5.42. The summed E-state index contributed by atoms with van der Waals surface area (Å²) >= 11 is 5.70. The fraction of sp³-hybridized carbons (Fsp3) is 0.400. The molecule has 0 spiro atoms. The lowest BCUT2D eigenvalue weighted by molar-refractivity contribution is -0.138. The van der Waals surface area contributed by atoms with Crippen LogP contribution in [0.5, 0.6) is 5.75 Å². The number of benzene rings is 1. The second-order valence-corrected chi connectivity index (χ2v) is 3.75. The van der Waals surface area contributed by atoms with Gasteiger partial charge in [-0.2, -0.15) is 13.2 Å². The first kappa shape index (κ1) is 16.4. The number of hydrogen-bond acceptors (Lipinski definition) is 2. The first-order valence-electron chi connectivity index (χ1n) is 4.49. The van der Waals surface area contributed by atoms with E-state index in [4.69, 9.17) is 22.1 Å². The van der Waals surface area contributed by atoms with E-state index in [9.17, 15) is 13.2 Å². The molecular formula is C10H12Cl2F3NO. The maximum Gasteiger partial charge on any atom is 0.390 e. The standard InChI is InChI=1S/C10H11ClF3NO.ClH/c1-16-9-3-2-6(11)4-7(9)8(15)5-10(12,13)14;/h2-4,8H,5,15H2,1H3;1H/t8-;/m0./s1. The van der Waals surface area contributed by atoms with E-state index in [1.807, 2.05) is 0 Å². The van der Waals surface area contributed by atoms with Crippen molar-refractivity contribution in [2.75, 3.05) is 7.11 Å². The molecule has 0 heterocycles. The van der Waals surface area contributed by atoms with Crippen molar-refractivity contribution >= 4 is 24.0 Å². The lowest BCUT2D eigenvalue weighted by Gasteiger charge is -2.17. The Morgan fingerprint density at radius 3 is 2.47 bits per heavy atom. The maximum absolute atomic E-state index is 12.2. The number of rotatable bonds is 3. The van der Waals surface area contributed by atoms with E-state index in [0.29, 0.717) is 10.8 Å². The predicted octanol–water partition coefficient (Wildman–Crippen LogP) is 3.72. The molecule has 0 bridgehead atoms. The molecular weight excluding hydrogens is 278 g/mol. The molecule has 98 valence electrons. The van der Waals surface area contributed by atoms with Gasteiger partial charge in [-0.3, -0.25) is 0 Å². The van der Waals surface area contributed by atoms with Gasteiger partial charge in [-0.1, -0.05) is 11.6 Å². The molecule has 0 saturated heterocycles. The lowest BCUT2D eigenvalue weighted by atomic mass is 10.0. The number of ether oxygens (including phenoxy) is 1. The highest BCUT2D eigenvalue weighted by molar-refractivity contribution is 6.30. The average Bonchev–Trinajstić information content (AvgIpc) is 2.15. The molecule has 0 aromatic heterocycles. The van der Waals surface area contributed by atoms with Crippen molar-refractivity contribution in [3.8, 4) is 5.75 Å². The molecule has 7 heteroatoms. The molecule has 1 atom stereocenters. The zero-order chi connectivity index (χ0) is 12.3. The molecule has 0 aliphatic carbocycles. The molecule has 17 heavy (non-hydrogen) atoms. The Hall–Kier alpha value is -0.650. The van der Waals surface area contributed by atoms with Crippen molar-refractivity contribution in [2.24, 2.45) is 5.73 Å². The van der Waals surface area contributed by atoms with Gasteiger partial charge in [0.1, 0.15) is 5.75 Å². The van der Waals surface area contributed by atoms with Crippen molar-refractivity contribution in [1.29, 1.82) is 0 Å². The van der Waals surface area contributed by atoms with Crippen molar-refractivity contribution < 1.29 is 17.9 Å². The number of hydrogen-bond donors (Lipinski definition) is 1. The van der Waals surface area contributed by atoms with E-state index in [0.717, 1.165) is 0 Å². The van der Waals surface area contributed by atoms with Crippen LogP contribution in [0.4, 0.5) is 13.2 Å². The SMILES string of the molecule is COc1ccc(Cl)cc1[C@@H](N)CC(F)(F)F.Cl. The molecule has 0 amide bonds. The number of alkyl halides is 3. The van der Waals surface area contributed by atoms with Crippen LogP contribution in [0.25, 0.3) is 0 Å². The zero-order valence-corrected chi connectivity index (χ0v) is 10.5. The number of halogens is 5. The van der Waals surface area contributed by atoms with Crippen LogP contribution in [0.15, 0.2) is 18.2 Å². The maximum atomic E-state index is 12.2. The minimum absolute atomic E-state index is 0. The molecule has 1 aromatic rings. The molecule has 1 rings (SSSR count). The summed E-state index contributed by atoms with van der Waals surface area (Å²) in [7, 11) is 1.37. The zero-order valence-electron chi connectivity index (χ0n) is 8.92. The average molecular weight is 290 g/mol. The van der Waals surface area contributed by atoms with Gasteiger partial charge in [0.15, 0.2) is 0 Å². The molecule has 0 aliphatic rings. The predicted molar refractivity (Wildman–Crippen MR) is 62.9 cm³/mol. The van der Waals surface area contributed by atoms with Gasteiger partial charge in [0.05, 0.1) is 13.5 Å². The fourth-order valence-corrected chi connectivity index (χ4v) is 1.53. The quantitative estimate of drug-likeness (QED) is 0.920. The number of methoxy groups -OCH3 is 1. The fourth-order valence-electron chi connectivity index (χ4n) is 1.35. The molecule has 0 radical (unpaired) electrons. The third-order valence-corrected chi connectivity index (χ3v) is 2.28. The van der Waals surface area contributed by atoms with Gasteiger partial charge in [0.2, 0.25) is 0 Å². The van der Waals surface area contributed by atoms with Crippen molar-refractivity contribution in [3.05, 3.63) is 28.8 Å². The molecule has 1 aromatic carbocycles. The largest absolute Gasteiger partial charge is 0.496 e. The van der Waals surface area contributed by atoms with Crippen LogP contribution in [-0.4, -0.2) is 13.3 Å². The second kappa shape index (κ2) is 6.33. The van der Waals surface area contributed by atoms with E-state index in [1.54, 1.807) is 0 Å². The Bertz CT molecular complexity index is 371. The molecule has 2 N–H and O–H groups in total. The lowest BCUT2D eigenvalue weighted by Crippen LogP contribution is -2.20. The summed E-state index contributed by atoms with van der Waals surface area (Å²) in [6, 6.07) is 3.24. The smallest absolute Gasteiger partial charge is 0.390 e. The van der Waals surface area contributed by atoms with Crippen LogP contribution in [0, 0.1) is 0 Å². The van der Waals surface area contributed by atoms with Crippen LogP contribution >= 0.6 is 24.0 Å². The van der Waals surface area contributed by atoms with Gasteiger partial charge in [-0.15, -0.1) is 12.4 Å². The Morgan fingerprint density at radius 2 is 2.00 bits per heavy atom. The first-order valence-corrected chi connectivity index (χ1v) is 4.87. The van der Waals surface area contributed by atoms with E-state index >= 15 is 0 Å². The molecule has 0 fully saturated rings. The van der Waals surface area contributed by atoms with Gasteiger partial charge in [-0.05, 0) is 18.2 Å². The summed E-state index contributed by atoms with van der Waals surface area (Å²) in [4.78, 5) is 0. The van der Waals surface area contributed by atoms with Crippen LogP contribution in [0.1, 0.15) is 18.0 Å². The summed E-state index contributed by atoms with van der Waals surface area (Å²) in [6.45, 7) is 0. The third-order valence-electron chi connectivity index (χ3n) is 2.04. The van der Waals surface area contributed by atoms with Crippen molar-refractivity contribution in [1.82, 2.24) is 0 Å². The van der Waals surface area contributed by atoms with Crippen LogP contribution in [0.3, 0.4) is 0 Å². The monoisotopic (exact) mass is 289 g/mol. The van der Waals surface area contributed by atoms with Gasteiger partial charge < -0.3 is 10.5 Å². The number of nitrogens with two attached hydrogens (primary N) is 1. The normalized spacial score (nSPS) is 12.8. The van der Waals surface area contributed by atoms with E-state index in [-0.39, 0.29) is 18.0 Å². The van der Waals surface area contributed by atoms with E-state index in [2.05, 4.69) is 0 Å². The van der Waals surface area contributed by atoms with Crippen LogP contribution in [-0.2, 0) is 0 Å². The summed E-state index contributed by atoms with van der Waals surface area (Å²) in [5.41, 5.74) is 5.72. The van der Waals surface area contributed by atoms with E-state index < -0.39 is 18.6 Å². The Kier molecular flexibility index (Phi) is 6.09. The molecule has 0 saturated carbocycles. The Morgan fingerprint density at radius 1 is 1.41 bits per heavy atom. The Labute approximate surface area is 108 Å². The van der Waals surface area contributed by atoms with Crippen molar-refractivity contribution in [2.45, 2.75) is 18.6 Å². The highest BCUT2D eigenvalue weighted by Crippen LogP contribution is 2.33. The summed E-state index contributed by atoms with van der Waals surface area (Å²) in [5.74, 6) is 0.307. The minimum Gasteiger partial charge on any atom is -0.496 e. The molecule has 0 aliphatic heterocycles. The molecule has 2 nitrogen and oxygen atoms in total. The first-order chi connectivity index (χ1) is 7.33. The summed E-state index contributed by atoms with van der Waals surface area (Å²) < 4.78 is 41.5. The van der Waals surface area contributed by atoms with Gasteiger partial charge in [-0.25, -0.2) is 0 Å². The summed E-state index contributed by atoms with van der Waals surface area (Å²) in [5, 5.41) is 0.327. The molecule has 0 unspecified atom stereocenters. The van der Waals surface area contributed by atoms with E-state index in [1.165, 1.54) is 25.3 Å². The van der Waals surface area contributed by atoms with Crippen LogP contribution in [0.2, 0.25) is 5.02 Å². The highest BCUT2D eigenvalue weighted by atomic mass is 35.5.